The largest absolute Gasteiger partial charge is 0.325 e. The molecule has 2 aromatic carbocycles. The van der Waals surface area contributed by atoms with Crippen molar-refractivity contribution in [3.05, 3.63) is 76.3 Å². The minimum Gasteiger partial charge on any atom is -0.325 e. The van der Waals surface area contributed by atoms with Crippen molar-refractivity contribution in [2.45, 2.75) is 38.1 Å². The number of fused-ring (bicyclic) bond motifs is 1. The fourth-order valence-corrected chi connectivity index (χ4v) is 4.32. The summed E-state index contributed by atoms with van der Waals surface area (Å²) in [6.45, 7) is 1.95. The number of carbonyl (C=O) groups excluding carboxylic acids is 1. The summed E-state index contributed by atoms with van der Waals surface area (Å²) in [6, 6.07) is 13.4. The van der Waals surface area contributed by atoms with Crippen molar-refractivity contribution in [2.75, 3.05) is 5.32 Å². The SMILES string of the molecule is Cc1nccn1-c1ccc(NC(=O)[C@@H](N)[C@@H]2CCCc3ccc(Br)cc32)cc1. The average molecular weight is 439 g/mol. The highest BCUT2D eigenvalue weighted by atomic mass is 79.9. The van der Waals surface area contributed by atoms with Crippen molar-refractivity contribution >= 4 is 27.5 Å². The van der Waals surface area contributed by atoms with Crippen LogP contribution < -0.4 is 11.1 Å². The van der Waals surface area contributed by atoms with Crippen LogP contribution in [0.4, 0.5) is 5.69 Å². The zero-order valence-corrected chi connectivity index (χ0v) is 17.3. The number of benzene rings is 2. The highest BCUT2D eigenvalue weighted by Crippen LogP contribution is 2.35. The van der Waals surface area contributed by atoms with Crippen LogP contribution in [0.3, 0.4) is 0 Å². The summed E-state index contributed by atoms with van der Waals surface area (Å²) in [5, 5.41) is 2.97. The summed E-state index contributed by atoms with van der Waals surface area (Å²) in [5.41, 5.74) is 10.6. The lowest BCUT2D eigenvalue weighted by Gasteiger charge is -2.29. The number of carbonyl (C=O) groups is 1. The van der Waals surface area contributed by atoms with Crippen molar-refractivity contribution < 1.29 is 4.79 Å². The van der Waals surface area contributed by atoms with Crippen LogP contribution in [0, 0.1) is 6.92 Å². The van der Waals surface area contributed by atoms with E-state index in [-0.39, 0.29) is 11.8 Å². The predicted molar refractivity (Wildman–Crippen MR) is 115 cm³/mol. The summed E-state index contributed by atoms with van der Waals surface area (Å²) in [5.74, 6) is 0.805. The zero-order chi connectivity index (χ0) is 19.7. The van der Waals surface area contributed by atoms with E-state index >= 15 is 0 Å². The van der Waals surface area contributed by atoms with Gasteiger partial charge in [-0.05, 0) is 73.7 Å². The van der Waals surface area contributed by atoms with Gasteiger partial charge in [0.1, 0.15) is 5.82 Å². The molecule has 1 aliphatic carbocycles. The Kier molecular flexibility index (Phi) is 5.33. The van der Waals surface area contributed by atoms with Gasteiger partial charge < -0.3 is 15.6 Å². The second kappa shape index (κ2) is 7.89. The zero-order valence-electron chi connectivity index (χ0n) is 15.7. The first-order valence-electron chi connectivity index (χ1n) is 9.48. The maximum Gasteiger partial charge on any atom is 0.241 e. The molecule has 0 bridgehead atoms. The normalized spacial score (nSPS) is 17.0. The molecule has 2 atom stereocenters. The molecule has 1 aliphatic rings. The van der Waals surface area contributed by atoms with E-state index in [2.05, 4.69) is 44.4 Å². The molecular formula is C22H23BrN4O. The van der Waals surface area contributed by atoms with Gasteiger partial charge in [-0.15, -0.1) is 0 Å². The van der Waals surface area contributed by atoms with Crippen molar-refractivity contribution in [3.8, 4) is 5.69 Å². The fraction of sp³-hybridized carbons (Fsp3) is 0.273. The van der Waals surface area contributed by atoms with Gasteiger partial charge in [0.15, 0.2) is 0 Å². The topological polar surface area (TPSA) is 72.9 Å². The highest BCUT2D eigenvalue weighted by molar-refractivity contribution is 9.10. The number of hydrogen-bond donors (Lipinski definition) is 2. The van der Waals surface area contributed by atoms with Gasteiger partial charge >= 0.3 is 0 Å². The Morgan fingerprint density at radius 3 is 2.79 bits per heavy atom. The van der Waals surface area contributed by atoms with Crippen LogP contribution in [-0.4, -0.2) is 21.5 Å². The Balaban J connectivity index is 1.48. The first-order chi connectivity index (χ1) is 13.5. The Morgan fingerprint density at radius 1 is 1.29 bits per heavy atom. The van der Waals surface area contributed by atoms with Crippen molar-refractivity contribution in [1.29, 1.82) is 0 Å². The van der Waals surface area contributed by atoms with Crippen LogP contribution in [0.5, 0.6) is 0 Å². The summed E-state index contributed by atoms with van der Waals surface area (Å²) >= 11 is 3.54. The number of imidazole rings is 1. The molecule has 0 unspecified atom stereocenters. The Morgan fingerprint density at radius 2 is 2.07 bits per heavy atom. The molecular weight excluding hydrogens is 416 g/mol. The third-order valence-electron chi connectivity index (χ3n) is 5.44. The molecule has 0 saturated carbocycles. The number of rotatable bonds is 4. The minimum absolute atomic E-state index is 0.0362. The van der Waals surface area contributed by atoms with E-state index in [9.17, 15) is 4.79 Å². The number of nitrogens with two attached hydrogens (primary N) is 1. The van der Waals surface area contributed by atoms with Gasteiger partial charge in [-0.25, -0.2) is 4.98 Å². The van der Waals surface area contributed by atoms with Gasteiger partial charge in [-0.3, -0.25) is 4.79 Å². The monoisotopic (exact) mass is 438 g/mol. The van der Waals surface area contributed by atoms with Crippen LogP contribution in [-0.2, 0) is 11.2 Å². The summed E-state index contributed by atoms with van der Waals surface area (Å²) in [4.78, 5) is 17.0. The number of aryl methyl sites for hydroxylation is 2. The highest BCUT2D eigenvalue weighted by Gasteiger charge is 2.30. The average Bonchev–Trinajstić information content (AvgIpc) is 3.13. The molecule has 3 N–H and O–H groups in total. The molecule has 6 heteroatoms. The van der Waals surface area contributed by atoms with E-state index in [0.29, 0.717) is 0 Å². The molecule has 5 nitrogen and oxygen atoms in total. The number of halogens is 1. The standard InChI is InChI=1S/C22H23BrN4O/c1-14-25-11-12-27(14)18-9-7-17(8-10-18)26-22(28)21(24)19-4-2-3-15-5-6-16(23)13-20(15)19/h5-13,19,21H,2-4,24H2,1H3,(H,26,28)/t19-,21+/m1/s1. The summed E-state index contributed by atoms with van der Waals surface area (Å²) < 4.78 is 3.02. The molecule has 0 saturated heterocycles. The number of nitrogens with zero attached hydrogens (tertiary/aromatic N) is 2. The second-order valence-electron chi connectivity index (χ2n) is 7.25. The summed E-state index contributed by atoms with van der Waals surface area (Å²) in [7, 11) is 0. The molecule has 1 heterocycles. The lowest BCUT2D eigenvalue weighted by atomic mass is 9.79. The molecule has 0 fully saturated rings. The molecule has 0 radical (unpaired) electrons. The van der Waals surface area contributed by atoms with Crippen LogP contribution in [0.2, 0.25) is 0 Å². The van der Waals surface area contributed by atoms with Gasteiger partial charge in [0, 0.05) is 34.2 Å². The molecule has 3 aromatic rings. The third-order valence-corrected chi connectivity index (χ3v) is 5.94. The number of hydrogen-bond acceptors (Lipinski definition) is 3. The number of aromatic nitrogens is 2. The summed E-state index contributed by atoms with van der Waals surface area (Å²) in [6.07, 6.45) is 6.71. The fourth-order valence-electron chi connectivity index (χ4n) is 3.94. The molecule has 1 amide bonds. The maximum absolute atomic E-state index is 12.8. The molecule has 0 aliphatic heterocycles. The maximum atomic E-state index is 12.8. The Hall–Kier alpha value is -2.44. The third kappa shape index (κ3) is 3.75. The van der Waals surface area contributed by atoms with Crippen LogP contribution in [0.15, 0.2) is 59.3 Å². The first-order valence-corrected chi connectivity index (χ1v) is 10.3. The van der Waals surface area contributed by atoms with Crippen molar-refractivity contribution in [3.63, 3.8) is 0 Å². The number of nitrogens with one attached hydrogen (secondary N) is 1. The van der Waals surface area contributed by atoms with Gasteiger partial charge in [-0.2, -0.15) is 0 Å². The van der Waals surface area contributed by atoms with Crippen LogP contribution in [0.1, 0.15) is 35.7 Å². The first kappa shape index (κ1) is 18.9. The molecule has 28 heavy (non-hydrogen) atoms. The smallest absolute Gasteiger partial charge is 0.241 e. The number of amides is 1. The van der Waals surface area contributed by atoms with Crippen molar-refractivity contribution in [1.82, 2.24) is 9.55 Å². The predicted octanol–water partition coefficient (Wildman–Crippen LogP) is 4.33. The lowest BCUT2D eigenvalue weighted by Crippen LogP contribution is -2.41. The van der Waals surface area contributed by atoms with Crippen molar-refractivity contribution in [2.24, 2.45) is 5.73 Å². The quantitative estimate of drug-likeness (QED) is 0.636. The molecule has 1 aromatic heterocycles. The Labute approximate surface area is 173 Å². The van der Waals surface area contributed by atoms with Gasteiger partial charge in [0.25, 0.3) is 0 Å². The van der Waals surface area contributed by atoms with E-state index in [0.717, 1.165) is 40.9 Å². The minimum atomic E-state index is -0.580. The Bertz CT molecular complexity index is 996. The van der Waals surface area contributed by atoms with E-state index < -0.39 is 6.04 Å². The number of anilines is 1. The van der Waals surface area contributed by atoms with E-state index in [4.69, 9.17) is 5.73 Å². The van der Waals surface area contributed by atoms with Gasteiger partial charge in [0.05, 0.1) is 6.04 Å². The molecule has 0 spiro atoms. The van der Waals surface area contributed by atoms with Gasteiger partial charge in [0.2, 0.25) is 5.91 Å². The van der Waals surface area contributed by atoms with E-state index in [1.807, 2.05) is 42.0 Å². The second-order valence-corrected chi connectivity index (χ2v) is 8.16. The van der Waals surface area contributed by atoms with Gasteiger partial charge in [-0.1, -0.05) is 22.0 Å². The molecule has 4 rings (SSSR count). The van der Waals surface area contributed by atoms with E-state index in [1.165, 1.54) is 11.1 Å². The van der Waals surface area contributed by atoms with Crippen LogP contribution in [0.25, 0.3) is 5.69 Å². The molecule has 144 valence electrons. The van der Waals surface area contributed by atoms with E-state index in [1.54, 1.807) is 6.20 Å². The van der Waals surface area contributed by atoms with Crippen LogP contribution >= 0.6 is 15.9 Å². The lowest BCUT2D eigenvalue weighted by molar-refractivity contribution is -0.117.